The Morgan fingerprint density at radius 1 is 1.21 bits per heavy atom. The Hall–Kier alpha value is -2.93. The molecule has 0 saturated carbocycles. The smallest absolute Gasteiger partial charge is 0.0620 e. The van der Waals surface area contributed by atoms with Crippen molar-refractivity contribution in [2.75, 3.05) is 22.9 Å². The van der Waals surface area contributed by atoms with Gasteiger partial charge in [-0.2, -0.15) is 0 Å². The fourth-order valence-electron chi connectivity index (χ4n) is 4.70. The molecule has 2 aromatic heterocycles. The zero-order valence-corrected chi connectivity index (χ0v) is 31.7. The second kappa shape index (κ2) is 16.9. The molecule has 0 spiro atoms. The van der Waals surface area contributed by atoms with Crippen LogP contribution in [0, 0.1) is 0 Å². The quantitative estimate of drug-likeness (QED) is 0.0452. The van der Waals surface area contributed by atoms with Gasteiger partial charge in [0.05, 0.1) is 6.61 Å². The minimum Gasteiger partial charge on any atom is -0.0620 e. The van der Waals surface area contributed by atoms with Crippen LogP contribution in [0.2, 0.25) is 0 Å². The second-order valence-electron chi connectivity index (χ2n) is 10.9. The normalized spacial score (nSPS) is 22.7. The monoisotopic (exact) mass is 864 g/mol. The number of unbranched alkanes of at least 4 members (excludes halogenated alkanes) is 2. The van der Waals surface area contributed by atoms with Gasteiger partial charge in [0.2, 0.25) is 0 Å². The Balaban J connectivity index is 1.52. The summed E-state index contributed by atoms with van der Waals surface area (Å²) in [6, 6.07) is 7.20. The van der Waals surface area contributed by atoms with Crippen molar-refractivity contribution in [2.45, 2.75) is 69.6 Å². The molecular weight excluding hydrogens is 824 g/mol. The van der Waals surface area contributed by atoms with E-state index in [-0.39, 0.29) is 18.2 Å². The third-order valence-corrected chi connectivity index (χ3v) is 9.86. The summed E-state index contributed by atoms with van der Waals surface area (Å²) in [5.41, 5.74) is -1.24. The van der Waals surface area contributed by atoms with Crippen molar-refractivity contribution in [1.29, 1.82) is 0 Å². The van der Waals surface area contributed by atoms with Gasteiger partial charge in [-0.15, -0.1) is 6.58 Å². The van der Waals surface area contributed by atoms with Crippen molar-refractivity contribution in [1.82, 2.24) is 24.6 Å². The first kappa shape index (κ1) is 36.9. The summed E-state index contributed by atoms with van der Waals surface area (Å²) in [4.78, 5) is 25.9. The zero-order chi connectivity index (χ0) is 34.0. The van der Waals surface area contributed by atoms with Gasteiger partial charge in [-0.05, 0) is 38.3 Å². The van der Waals surface area contributed by atoms with Crippen LogP contribution in [-0.4, -0.2) is 105 Å². The zero-order valence-electron chi connectivity index (χ0n) is 26.4. The van der Waals surface area contributed by atoms with Gasteiger partial charge < -0.3 is 4.74 Å². The molecule has 1 aliphatic heterocycles. The Labute approximate surface area is 289 Å². The van der Waals surface area contributed by atoms with E-state index in [1.807, 2.05) is 0 Å². The first-order valence-electron chi connectivity index (χ1n) is 15.1. The molecule has 47 heavy (non-hydrogen) atoms. The molecule has 4 rings (SSSR count). The molecule has 0 radical (unpaired) electrons. The maximum absolute atomic E-state index is 14.0. The predicted octanol–water partition coefficient (Wildman–Crippen LogP) is 3.37. The third-order valence-electron chi connectivity index (χ3n) is 7.22. The Morgan fingerprint density at radius 2 is 1.96 bits per heavy atom. The van der Waals surface area contributed by atoms with E-state index >= 15 is 0 Å². The van der Waals surface area contributed by atoms with Gasteiger partial charge in [-0.3, -0.25) is 4.79 Å². The topological polar surface area (TPSA) is 188 Å². The molecule has 0 bridgehead atoms. The maximum atomic E-state index is 14.0. The van der Waals surface area contributed by atoms with Gasteiger partial charge in [-0.1, -0.05) is 24.3 Å². The number of hydrogen-bond donors (Lipinski definition) is 4. The fourth-order valence-corrected chi connectivity index (χ4v) is 6.71. The number of aliphatic hydroxyl groups is 2. The van der Waals surface area contributed by atoms with E-state index in [1.54, 1.807) is 42.5 Å². The van der Waals surface area contributed by atoms with Crippen LogP contribution in [0.1, 0.15) is 45.8 Å². The summed E-state index contributed by atoms with van der Waals surface area (Å²) >= 11 is 0.332. The molecule has 3 heterocycles. The van der Waals surface area contributed by atoms with E-state index in [2.05, 4.69) is 36.3 Å². The number of aliphatic hydroxyl groups excluding tert-OH is 1. The van der Waals surface area contributed by atoms with Crippen molar-refractivity contribution >= 4 is 56.9 Å². The van der Waals surface area contributed by atoms with Crippen LogP contribution in [0.15, 0.2) is 62.0 Å². The molecule has 4 N–H and O–H groups in total. The van der Waals surface area contributed by atoms with Crippen LogP contribution in [0.3, 0.4) is 0 Å². The average molecular weight is 864 g/mol. The number of allylic oxidation sites excluding steroid dienone is 1. The summed E-state index contributed by atoms with van der Waals surface area (Å²) in [6.45, 7) is 10.3. The SMILES string of the molecule is C=CCCCCOC(=O)[C@H](C)NP(=O)(OCC1OC(n2cnc3c(OCCC=C)nc([NH][Tl])nc32)[C@](C)(O)[C@@H]1O)Oc1ccccc1. The molecule has 17 heteroatoms. The van der Waals surface area contributed by atoms with Gasteiger partial charge in [-0.25, -0.2) is 0 Å². The molecule has 3 unspecified atom stereocenters. The van der Waals surface area contributed by atoms with Crippen LogP contribution in [0.25, 0.3) is 11.2 Å². The first-order valence-corrected chi connectivity index (χ1v) is 18.9. The van der Waals surface area contributed by atoms with Gasteiger partial charge in [0.1, 0.15) is 11.8 Å². The number of hydrogen-bond acceptors (Lipinski definition) is 13. The van der Waals surface area contributed by atoms with E-state index in [9.17, 15) is 19.6 Å². The molecule has 0 amide bonds. The molecule has 15 nitrogen and oxygen atoms in total. The van der Waals surface area contributed by atoms with Gasteiger partial charge in [0.15, 0.2) is 0 Å². The average Bonchev–Trinajstić information content (AvgIpc) is 3.57. The number of carbonyl (C=O) groups excluding carboxylic acids is 1. The van der Waals surface area contributed by atoms with Crippen LogP contribution in [-0.2, 0) is 23.4 Å². The summed E-state index contributed by atoms with van der Waals surface area (Å²) in [5.74, 6) is 0.123. The van der Waals surface area contributed by atoms with E-state index in [4.69, 9.17) is 23.3 Å². The first-order chi connectivity index (χ1) is 22.5. The van der Waals surface area contributed by atoms with Gasteiger partial charge >= 0.3 is 193 Å². The number of carbonyl (C=O) groups is 1. The van der Waals surface area contributed by atoms with Crippen LogP contribution < -0.4 is 17.5 Å². The molecule has 1 saturated heterocycles. The van der Waals surface area contributed by atoms with Gasteiger partial charge in [0, 0.05) is 0 Å². The van der Waals surface area contributed by atoms with E-state index < -0.39 is 50.4 Å². The van der Waals surface area contributed by atoms with Crippen LogP contribution in [0.4, 0.5) is 5.95 Å². The van der Waals surface area contributed by atoms with Crippen molar-refractivity contribution in [3.63, 3.8) is 0 Å². The number of benzene rings is 1. The minimum absolute atomic E-state index is 0.191. The van der Waals surface area contributed by atoms with Crippen molar-refractivity contribution in [3.05, 3.63) is 62.0 Å². The molecule has 1 fully saturated rings. The fraction of sp³-hybridized carbons (Fsp3) is 0.467. The number of esters is 1. The van der Waals surface area contributed by atoms with E-state index in [0.717, 1.165) is 12.8 Å². The second-order valence-corrected chi connectivity index (χ2v) is 13.8. The molecule has 1 aromatic carbocycles. The molecule has 3 aromatic rings. The van der Waals surface area contributed by atoms with Gasteiger partial charge in [0.25, 0.3) is 0 Å². The minimum atomic E-state index is -4.28. The Bertz CT molecular complexity index is 1560. The Kier molecular flexibility index (Phi) is 13.3. The molecule has 6 atom stereocenters. The summed E-state index contributed by atoms with van der Waals surface area (Å²) < 4.78 is 47.2. The van der Waals surface area contributed by atoms with E-state index in [0.29, 0.717) is 62.6 Å². The molecular formula is C30H40N6O9PTl. The van der Waals surface area contributed by atoms with Crippen molar-refractivity contribution in [3.8, 4) is 11.6 Å². The number of rotatable bonds is 19. The standard InChI is InChI=1S/C30H40N6O9P.Tl/c1-5-7-9-13-17-42-27(38)20(3)35-46(40,45-21-14-11-10-12-15-21)43-18-22-24(37)30(4,39)28(44-22)36-19-32-23-25(36)33-29(31)34-26(23)41-16-8-6-2;/h5-6,10-12,14-15,19-20,22,24,28,37,39H,1-2,7-9,13,16-18H2,3-4H3,(H2-,31,33,34,35,40);/q-1;+1/t20-,22?,24+,28?,30+,46?;/m0./s1. The van der Waals surface area contributed by atoms with Crippen molar-refractivity contribution in [2.24, 2.45) is 0 Å². The van der Waals surface area contributed by atoms with Crippen LogP contribution >= 0.6 is 7.75 Å². The number of anilines is 1. The summed E-state index contributed by atoms with van der Waals surface area (Å²) in [7, 11) is -4.28. The number of nitrogens with one attached hydrogen (secondary N) is 2. The predicted molar refractivity (Wildman–Crippen MR) is 174 cm³/mol. The number of ether oxygens (including phenoxy) is 3. The third kappa shape index (κ3) is 9.37. The molecule has 252 valence electrons. The number of imidazole rings is 1. The summed E-state index contributed by atoms with van der Waals surface area (Å²) in [6.07, 6.45) is 3.90. The number of aromatic nitrogens is 4. The van der Waals surface area contributed by atoms with E-state index in [1.165, 1.54) is 24.7 Å². The molecule has 1 aliphatic rings. The van der Waals surface area contributed by atoms with Crippen molar-refractivity contribution < 1.29 is 42.8 Å². The number of para-hydroxylation sites is 1. The Morgan fingerprint density at radius 3 is 2.66 bits per heavy atom. The number of nitrogens with zero attached hydrogens (tertiary/aromatic N) is 4. The summed E-state index contributed by atoms with van der Waals surface area (Å²) in [5, 5.41) is 25.3. The number of fused-ring (bicyclic) bond motifs is 1. The van der Waals surface area contributed by atoms with Crippen LogP contribution in [0.5, 0.6) is 11.6 Å². The molecule has 0 aliphatic carbocycles.